The van der Waals surface area contributed by atoms with Gasteiger partial charge in [0, 0.05) is 19.1 Å². The van der Waals surface area contributed by atoms with Crippen LogP contribution in [0.5, 0.6) is 0 Å². The van der Waals surface area contributed by atoms with Crippen molar-refractivity contribution in [2.45, 2.75) is 25.8 Å². The number of guanidine groups is 1. The first-order valence-electron chi connectivity index (χ1n) is 8.06. The molecule has 1 aromatic carbocycles. The summed E-state index contributed by atoms with van der Waals surface area (Å²) in [5.41, 5.74) is 6.84. The number of hydrogen-bond donors (Lipinski definition) is 2. The molecule has 1 aliphatic heterocycles. The fourth-order valence-corrected chi connectivity index (χ4v) is 2.55. The quantitative estimate of drug-likeness (QED) is 0.625. The Morgan fingerprint density at radius 1 is 1.30 bits per heavy atom. The molecule has 0 aromatic heterocycles. The van der Waals surface area contributed by atoms with Crippen LogP contribution in [-0.4, -0.2) is 55.7 Å². The van der Waals surface area contributed by atoms with E-state index in [0.717, 1.165) is 5.56 Å². The molecule has 3 N–H and O–H groups in total. The van der Waals surface area contributed by atoms with Crippen molar-refractivity contribution in [1.82, 2.24) is 10.2 Å². The summed E-state index contributed by atoms with van der Waals surface area (Å²) in [4.78, 5) is 19.1. The van der Waals surface area contributed by atoms with Gasteiger partial charge in [-0.2, -0.15) is 0 Å². The van der Waals surface area contributed by atoms with Crippen LogP contribution < -0.4 is 11.1 Å². The lowest BCUT2D eigenvalue weighted by atomic mass is 9.97. The molecule has 1 saturated heterocycles. The van der Waals surface area contributed by atoms with Crippen LogP contribution in [0.2, 0.25) is 0 Å². The predicted octanol–water partition coefficient (Wildman–Crippen LogP) is 0.942. The van der Waals surface area contributed by atoms with Crippen molar-refractivity contribution in [3.63, 3.8) is 0 Å². The molecule has 126 valence electrons. The van der Waals surface area contributed by atoms with E-state index in [-0.39, 0.29) is 17.9 Å². The van der Waals surface area contributed by atoms with Gasteiger partial charge in [0.05, 0.1) is 25.7 Å². The Morgan fingerprint density at radius 3 is 2.57 bits per heavy atom. The molecule has 0 saturated carbocycles. The normalized spacial score (nSPS) is 17.2. The SMILES string of the molecule is CC(C)NC(N)=NCC(C(=O)N1CCOCC1)c1ccccc1. The summed E-state index contributed by atoms with van der Waals surface area (Å²) >= 11 is 0. The van der Waals surface area contributed by atoms with Crippen molar-refractivity contribution in [2.24, 2.45) is 10.7 Å². The number of nitrogens with zero attached hydrogens (tertiary/aromatic N) is 2. The molecule has 0 bridgehead atoms. The molecule has 2 rings (SSSR count). The summed E-state index contributed by atoms with van der Waals surface area (Å²) in [5.74, 6) is 0.137. The van der Waals surface area contributed by atoms with Crippen LogP contribution in [0, 0.1) is 0 Å². The minimum absolute atomic E-state index is 0.0839. The maximum absolute atomic E-state index is 12.9. The number of ether oxygens (including phenoxy) is 1. The fraction of sp³-hybridized carbons (Fsp3) is 0.529. The van der Waals surface area contributed by atoms with Gasteiger partial charge in [-0.1, -0.05) is 30.3 Å². The largest absolute Gasteiger partial charge is 0.378 e. The predicted molar refractivity (Wildman–Crippen MR) is 91.3 cm³/mol. The van der Waals surface area contributed by atoms with Crippen molar-refractivity contribution >= 4 is 11.9 Å². The number of aliphatic imine (C=N–C) groups is 1. The Kier molecular flexibility index (Phi) is 6.40. The summed E-state index contributed by atoms with van der Waals surface area (Å²) in [6.07, 6.45) is 0. The average molecular weight is 318 g/mol. The van der Waals surface area contributed by atoms with Gasteiger partial charge in [0.1, 0.15) is 0 Å². The fourth-order valence-electron chi connectivity index (χ4n) is 2.55. The van der Waals surface area contributed by atoms with Crippen LogP contribution in [0.15, 0.2) is 35.3 Å². The number of carbonyl (C=O) groups excluding carboxylic acids is 1. The van der Waals surface area contributed by atoms with Crippen LogP contribution in [0.25, 0.3) is 0 Å². The van der Waals surface area contributed by atoms with Gasteiger partial charge in [-0.05, 0) is 19.4 Å². The van der Waals surface area contributed by atoms with E-state index < -0.39 is 0 Å². The highest BCUT2D eigenvalue weighted by Gasteiger charge is 2.27. The Bertz CT molecular complexity index is 525. The maximum atomic E-state index is 12.9. The number of carbonyl (C=O) groups is 1. The topological polar surface area (TPSA) is 79.9 Å². The third kappa shape index (κ3) is 5.25. The van der Waals surface area contributed by atoms with Crippen molar-refractivity contribution in [2.75, 3.05) is 32.8 Å². The molecular weight excluding hydrogens is 292 g/mol. The first-order chi connectivity index (χ1) is 11.1. The molecule has 1 heterocycles. The summed E-state index contributed by atoms with van der Waals surface area (Å²) in [6.45, 7) is 6.77. The molecule has 0 aliphatic carbocycles. The van der Waals surface area contributed by atoms with Gasteiger partial charge in [0.15, 0.2) is 5.96 Å². The number of rotatable bonds is 5. The van der Waals surface area contributed by atoms with E-state index in [4.69, 9.17) is 10.5 Å². The van der Waals surface area contributed by atoms with Crippen LogP contribution in [-0.2, 0) is 9.53 Å². The Labute approximate surface area is 137 Å². The van der Waals surface area contributed by atoms with Gasteiger partial charge in [-0.15, -0.1) is 0 Å². The van der Waals surface area contributed by atoms with Crippen molar-refractivity contribution in [1.29, 1.82) is 0 Å². The lowest BCUT2D eigenvalue weighted by Gasteiger charge is -2.30. The molecule has 6 heteroatoms. The molecule has 23 heavy (non-hydrogen) atoms. The minimum Gasteiger partial charge on any atom is -0.378 e. The smallest absolute Gasteiger partial charge is 0.232 e. The molecule has 1 fully saturated rings. The molecule has 1 amide bonds. The van der Waals surface area contributed by atoms with Gasteiger partial charge in [-0.3, -0.25) is 9.79 Å². The van der Waals surface area contributed by atoms with E-state index >= 15 is 0 Å². The van der Waals surface area contributed by atoms with E-state index in [0.29, 0.717) is 38.8 Å². The molecular formula is C17H26N4O2. The van der Waals surface area contributed by atoms with E-state index in [9.17, 15) is 4.79 Å². The van der Waals surface area contributed by atoms with Crippen molar-refractivity contribution in [3.05, 3.63) is 35.9 Å². The van der Waals surface area contributed by atoms with Crippen LogP contribution in [0.4, 0.5) is 0 Å². The average Bonchev–Trinajstić information content (AvgIpc) is 2.56. The van der Waals surface area contributed by atoms with E-state index in [1.807, 2.05) is 49.1 Å². The second kappa shape index (κ2) is 8.53. The first kappa shape index (κ1) is 17.3. The zero-order valence-corrected chi connectivity index (χ0v) is 13.9. The Balaban J connectivity index is 2.13. The number of nitrogens with one attached hydrogen (secondary N) is 1. The highest BCUT2D eigenvalue weighted by Crippen LogP contribution is 2.20. The summed E-state index contributed by atoms with van der Waals surface area (Å²) in [7, 11) is 0. The third-order valence-corrected chi connectivity index (χ3v) is 3.70. The lowest BCUT2D eigenvalue weighted by molar-refractivity contribution is -0.136. The highest BCUT2D eigenvalue weighted by molar-refractivity contribution is 5.85. The number of benzene rings is 1. The number of nitrogens with two attached hydrogens (primary N) is 1. The lowest BCUT2D eigenvalue weighted by Crippen LogP contribution is -2.44. The molecule has 6 nitrogen and oxygen atoms in total. The summed E-state index contributed by atoms with van der Waals surface area (Å²) in [5, 5.41) is 3.05. The summed E-state index contributed by atoms with van der Waals surface area (Å²) < 4.78 is 5.33. The number of hydrogen-bond acceptors (Lipinski definition) is 3. The van der Waals surface area contributed by atoms with Gasteiger partial charge >= 0.3 is 0 Å². The highest BCUT2D eigenvalue weighted by atomic mass is 16.5. The Morgan fingerprint density at radius 2 is 1.96 bits per heavy atom. The zero-order valence-electron chi connectivity index (χ0n) is 13.9. The molecule has 1 aliphatic rings. The number of morpholine rings is 1. The van der Waals surface area contributed by atoms with Gasteiger partial charge in [0.25, 0.3) is 0 Å². The van der Waals surface area contributed by atoms with Crippen molar-refractivity contribution < 1.29 is 9.53 Å². The maximum Gasteiger partial charge on any atom is 0.232 e. The van der Waals surface area contributed by atoms with Gasteiger partial charge < -0.3 is 20.7 Å². The van der Waals surface area contributed by atoms with Gasteiger partial charge in [0.2, 0.25) is 5.91 Å². The standard InChI is InChI=1S/C17H26N4O2/c1-13(2)20-17(18)19-12-15(14-6-4-3-5-7-14)16(22)21-8-10-23-11-9-21/h3-7,13,15H,8-12H2,1-2H3,(H3,18,19,20). The van der Waals surface area contributed by atoms with Crippen molar-refractivity contribution in [3.8, 4) is 0 Å². The van der Waals surface area contributed by atoms with Crippen LogP contribution in [0.1, 0.15) is 25.3 Å². The second-order valence-corrected chi connectivity index (χ2v) is 5.93. The molecule has 1 aromatic rings. The van der Waals surface area contributed by atoms with E-state index in [2.05, 4.69) is 10.3 Å². The summed E-state index contributed by atoms with van der Waals surface area (Å²) in [6, 6.07) is 9.96. The Hall–Kier alpha value is -2.08. The van der Waals surface area contributed by atoms with Gasteiger partial charge in [-0.25, -0.2) is 0 Å². The molecule has 1 atom stereocenters. The third-order valence-electron chi connectivity index (χ3n) is 3.70. The first-order valence-corrected chi connectivity index (χ1v) is 8.06. The second-order valence-electron chi connectivity index (χ2n) is 5.93. The minimum atomic E-state index is -0.318. The molecule has 0 spiro atoms. The zero-order chi connectivity index (χ0) is 16.7. The molecule has 1 unspecified atom stereocenters. The number of amides is 1. The van der Waals surface area contributed by atoms with Crippen LogP contribution in [0.3, 0.4) is 0 Å². The van der Waals surface area contributed by atoms with Crippen LogP contribution >= 0.6 is 0 Å². The van der Waals surface area contributed by atoms with E-state index in [1.165, 1.54) is 0 Å². The molecule has 0 radical (unpaired) electrons. The van der Waals surface area contributed by atoms with E-state index in [1.54, 1.807) is 0 Å². The monoisotopic (exact) mass is 318 g/mol.